The first kappa shape index (κ1) is 17.9. The lowest BCUT2D eigenvalue weighted by Crippen LogP contribution is -2.53. The van der Waals surface area contributed by atoms with Gasteiger partial charge in [-0.1, -0.05) is 17.7 Å². The van der Waals surface area contributed by atoms with Gasteiger partial charge in [-0.2, -0.15) is 0 Å². The third-order valence-electron chi connectivity index (χ3n) is 5.39. The summed E-state index contributed by atoms with van der Waals surface area (Å²) in [6.45, 7) is 6.95. The minimum Gasteiger partial charge on any atom is -0.361 e. The number of amides is 1. The number of piperazine rings is 1. The molecule has 1 aliphatic rings. The monoisotopic (exact) mass is 382 g/mol. The number of H-pyrrole nitrogens is 1. The molecule has 1 saturated heterocycles. The second kappa shape index (κ2) is 6.89. The molecular formula is C21H23ClN4O. The number of carbonyl (C=O) groups excluding carboxylic acids is 1. The van der Waals surface area contributed by atoms with Gasteiger partial charge in [-0.15, -0.1) is 0 Å². The number of hydrogen-bond donors (Lipinski definition) is 1. The average molecular weight is 383 g/mol. The lowest BCUT2D eigenvalue weighted by atomic mass is 9.82. The molecule has 0 atom stereocenters. The van der Waals surface area contributed by atoms with Crippen LogP contribution in [0, 0.1) is 0 Å². The first-order valence-corrected chi connectivity index (χ1v) is 9.57. The van der Waals surface area contributed by atoms with Crippen LogP contribution in [-0.2, 0) is 10.2 Å². The number of aromatic amines is 1. The van der Waals surface area contributed by atoms with Gasteiger partial charge in [0.15, 0.2) is 0 Å². The van der Waals surface area contributed by atoms with E-state index < -0.39 is 5.41 Å². The predicted octanol–water partition coefficient (Wildman–Crippen LogP) is 3.84. The fourth-order valence-corrected chi connectivity index (χ4v) is 3.97. The molecule has 1 amide bonds. The Morgan fingerprint density at radius 1 is 1.15 bits per heavy atom. The van der Waals surface area contributed by atoms with Crippen molar-refractivity contribution in [3.05, 3.63) is 59.4 Å². The molecule has 1 N–H and O–H groups in total. The summed E-state index contributed by atoms with van der Waals surface area (Å²) in [4.78, 5) is 25.2. The number of benzene rings is 1. The quantitative estimate of drug-likeness (QED) is 0.748. The summed E-state index contributed by atoms with van der Waals surface area (Å²) < 4.78 is 0. The van der Waals surface area contributed by atoms with E-state index in [4.69, 9.17) is 11.6 Å². The van der Waals surface area contributed by atoms with Crippen LogP contribution in [0.1, 0.15) is 19.4 Å². The molecule has 5 nitrogen and oxygen atoms in total. The smallest absolute Gasteiger partial charge is 0.232 e. The van der Waals surface area contributed by atoms with Crippen LogP contribution in [0.3, 0.4) is 0 Å². The van der Waals surface area contributed by atoms with Crippen LogP contribution in [-0.4, -0.2) is 47.0 Å². The van der Waals surface area contributed by atoms with Gasteiger partial charge in [0.25, 0.3) is 0 Å². The lowest BCUT2D eigenvalue weighted by Gasteiger charge is -2.39. The van der Waals surface area contributed by atoms with Crippen molar-refractivity contribution in [2.45, 2.75) is 19.3 Å². The Hall–Kier alpha value is -2.53. The number of hydrogen-bond acceptors (Lipinski definition) is 3. The molecule has 3 heterocycles. The van der Waals surface area contributed by atoms with Gasteiger partial charge in [0.05, 0.1) is 5.41 Å². The van der Waals surface area contributed by atoms with E-state index in [-0.39, 0.29) is 5.91 Å². The van der Waals surface area contributed by atoms with Crippen LogP contribution in [0.25, 0.3) is 10.9 Å². The van der Waals surface area contributed by atoms with E-state index in [1.54, 1.807) is 6.20 Å². The number of nitrogens with one attached hydrogen (secondary N) is 1. The highest BCUT2D eigenvalue weighted by Gasteiger charge is 2.37. The van der Waals surface area contributed by atoms with E-state index in [1.165, 1.54) is 0 Å². The highest BCUT2D eigenvalue weighted by molar-refractivity contribution is 6.31. The maximum Gasteiger partial charge on any atom is 0.232 e. The van der Waals surface area contributed by atoms with Crippen molar-refractivity contribution >= 4 is 34.2 Å². The van der Waals surface area contributed by atoms with Crippen molar-refractivity contribution in [1.29, 1.82) is 0 Å². The molecular weight excluding hydrogens is 360 g/mol. The molecule has 0 unspecified atom stereocenters. The Labute approximate surface area is 163 Å². The van der Waals surface area contributed by atoms with Crippen molar-refractivity contribution in [3.63, 3.8) is 0 Å². The largest absolute Gasteiger partial charge is 0.361 e. The summed E-state index contributed by atoms with van der Waals surface area (Å²) in [5.41, 5.74) is 1.35. The van der Waals surface area contributed by atoms with E-state index in [0.717, 1.165) is 35.4 Å². The average Bonchev–Trinajstić information content (AvgIpc) is 3.12. The number of halogens is 1. The number of anilines is 1. The van der Waals surface area contributed by atoms with Crippen molar-refractivity contribution in [2.24, 2.45) is 0 Å². The molecule has 1 aromatic carbocycles. The van der Waals surface area contributed by atoms with Crippen molar-refractivity contribution < 1.29 is 4.79 Å². The number of nitrogens with zero attached hydrogens (tertiary/aromatic N) is 3. The maximum absolute atomic E-state index is 13.3. The van der Waals surface area contributed by atoms with Gasteiger partial charge in [0.1, 0.15) is 5.82 Å². The number of rotatable bonds is 3. The summed E-state index contributed by atoms with van der Waals surface area (Å²) in [5, 5.41) is 1.68. The standard InChI is InChI=1S/C21H23ClN4O/c1-21(2,17-14-24-18-7-6-15(22)13-16(17)18)20(27)26-11-9-25(10-12-26)19-5-3-4-8-23-19/h3-8,13-14,24H,9-12H2,1-2H3. The molecule has 1 fully saturated rings. The summed E-state index contributed by atoms with van der Waals surface area (Å²) in [6.07, 6.45) is 3.74. The molecule has 0 aliphatic carbocycles. The van der Waals surface area contributed by atoms with Crippen molar-refractivity contribution in [3.8, 4) is 0 Å². The minimum atomic E-state index is -0.629. The molecule has 0 saturated carbocycles. The molecule has 0 bridgehead atoms. The minimum absolute atomic E-state index is 0.143. The Kier molecular flexibility index (Phi) is 4.56. The summed E-state index contributed by atoms with van der Waals surface area (Å²) in [7, 11) is 0. The molecule has 0 radical (unpaired) electrons. The van der Waals surface area contributed by atoms with Gasteiger partial charge in [-0.3, -0.25) is 4.79 Å². The number of carbonyl (C=O) groups is 1. The van der Waals surface area contributed by atoms with Gasteiger partial charge in [0.2, 0.25) is 5.91 Å². The van der Waals surface area contributed by atoms with E-state index in [9.17, 15) is 4.79 Å². The zero-order chi connectivity index (χ0) is 19.0. The second-order valence-electron chi connectivity index (χ2n) is 7.48. The van der Waals surface area contributed by atoms with Crippen LogP contribution in [0.4, 0.5) is 5.82 Å². The van der Waals surface area contributed by atoms with E-state index in [1.807, 2.05) is 61.3 Å². The molecule has 140 valence electrons. The van der Waals surface area contributed by atoms with E-state index in [0.29, 0.717) is 18.1 Å². The van der Waals surface area contributed by atoms with E-state index >= 15 is 0 Å². The molecule has 6 heteroatoms. The Morgan fingerprint density at radius 3 is 2.63 bits per heavy atom. The Balaban J connectivity index is 1.52. The second-order valence-corrected chi connectivity index (χ2v) is 7.92. The number of fused-ring (bicyclic) bond motifs is 1. The summed E-state index contributed by atoms with van der Waals surface area (Å²) in [6, 6.07) is 11.7. The summed E-state index contributed by atoms with van der Waals surface area (Å²) in [5.74, 6) is 1.11. The highest BCUT2D eigenvalue weighted by Crippen LogP contribution is 2.33. The fraction of sp³-hybridized carbons (Fsp3) is 0.333. The van der Waals surface area contributed by atoms with Crippen LogP contribution in [0.15, 0.2) is 48.8 Å². The van der Waals surface area contributed by atoms with Crippen molar-refractivity contribution in [2.75, 3.05) is 31.1 Å². The molecule has 4 rings (SSSR count). The van der Waals surface area contributed by atoms with Gasteiger partial charge in [0, 0.05) is 54.5 Å². The molecule has 0 spiro atoms. The van der Waals surface area contributed by atoms with Gasteiger partial charge < -0.3 is 14.8 Å². The Bertz CT molecular complexity index is 959. The highest BCUT2D eigenvalue weighted by atomic mass is 35.5. The normalized spacial score (nSPS) is 15.4. The van der Waals surface area contributed by atoms with Crippen LogP contribution < -0.4 is 4.90 Å². The summed E-state index contributed by atoms with van der Waals surface area (Å²) >= 11 is 6.18. The Morgan fingerprint density at radius 2 is 1.93 bits per heavy atom. The van der Waals surface area contributed by atoms with Crippen LogP contribution in [0.5, 0.6) is 0 Å². The third-order valence-corrected chi connectivity index (χ3v) is 5.63. The van der Waals surface area contributed by atoms with Crippen LogP contribution in [0.2, 0.25) is 5.02 Å². The molecule has 3 aromatic rings. The lowest BCUT2D eigenvalue weighted by molar-refractivity contribution is -0.136. The van der Waals surface area contributed by atoms with Gasteiger partial charge >= 0.3 is 0 Å². The maximum atomic E-state index is 13.3. The SMILES string of the molecule is CC(C)(C(=O)N1CCN(c2ccccn2)CC1)c1c[nH]c2ccc(Cl)cc12. The zero-order valence-corrected chi connectivity index (χ0v) is 16.3. The predicted molar refractivity (Wildman–Crippen MR) is 109 cm³/mol. The number of pyridine rings is 1. The first-order valence-electron chi connectivity index (χ1n) is 9.19. The fourth-order valence-electron chi connectivity index (χ4n) is 3.80. The van der Waals surface area contributed by atoms with Gasteiger partial charge in [-0.05, 0) is 49.7 Å². The molecule has 2 aromatic heterocycles. The topological polar surface area (TPSA) is 52.2 Å². The first-order chi connectivity index (χ1) is 13.0. The molecule has 27 heavy (non-hydrogen) atoms. The van der Waals surface area contributed by atoms with E-state index in [2.05, 4.69) is 14.9 Å². The zero-order valence-electron chi connectivity index (χ0n) is 15.6. The van der Waals surface area contributed by atoms with Crippen LogP contribution >= 0.6 is 11.6 Å². The third kappa shape index (κ3) is 3.28. The van der Waals surface area contributed by atoms with Gasteiger partial charge in [-0.25, -0.2) is 4.98 Å². The molecule has 1 aliphatic heterocycles. The van der Waals surface area contributed by atoms with Crippen molar-refractivity contribution in [1.82, 2.24) is 14.9 Å². The number of aromatic nitrogens is 2.